The molecule has 0 unspecified atom stereocenters. The first kappa shape index (κ1) is 18.6. The second-order valence-corrected chi connectivity index (χ2v) is 6.83. The summed E-state index contributed by atoms with van der Waals surface area (Å²) in [4.78, 5) is 17.0. The van der Waals surface area contributed by atoms with Gasteiger partial charge in [-0.15, -0.1) is 0 Å². The molecule has 2 aromatic heterocycles. The predicted molar refractivity (Wildman–Crippen MR) is 109 cm³/mol. The third-order valence-electron chi connectivity index (χ3n) is 4.81. The van der Waals surface area contributed by atoms with Gasteiger partial charge in [0.15, 0.2) is 0 Å². The van der Waals surface area contributed by atoms with Gasteiger partial charge in [-0.25, -0.2) is 9.37 Å². The third-order valence-corrected chi connectivity index (χ3v) is 4.81. The van der Waals surface area contributed by atoms with Gasteiger partial charge < -0.3 is 10.4 Å². The van der Waals surface area contributed by atoms with Crippen molar-refractivity contribution >= 4 is 22.5 Å². The Labute approximate surface area is 166 Å². The average Bonchev–Trinajstić information content (AvgIpc) is 2.96. The molecule has 4 rings (SSSR count). The molecule has 0 saturated carbocycles. The number of nitrogens with zero attached hydrogens (tertiary/aromatic N) is 3. The van der Waals surface area contributed by atoms with Crippen LogP contribution in [-0.2, 0) is 6.54 Å². The summed E-state index contributed by atoms with van der Waals surface area (Å²) < 4.78 is 14.9. The Bertz CT molecular complexity index is 1220. The lowest BCUT2D eigenvalue weighted by molar-refractivity contribution is 0.102. The largest absolute Gasteiger partial charge is 0.493 e. The maximum atomic E-state index is 13.1. The molecule has 0 radical (unpaired) electrons. The van der Waals surface area contributed by atoms with Gasteiger partial charge in [0.1, 0.15) is 5.82 Å². The highest BCUT2D eigenvalue weighted by Crippen LogP contribution is 2.25. The SMILES string of the molecule is Cc1nn(Cc2ccc(F)cc2)c(C)c1NC(=O)c1cc(O)nc2ccccc12. The molecule has 6 nitrogen and oxygen atoms in total. The van der Waals surface area contributed by atoms with E-state index in [1.165, 1.54) is 18.2 Å². The van der Waals surface area contributed by atoms with Crippen molar-refractivity contribution < 1.29 is 14.3 Å². The number of anilines is 1. The van der Waals surface area contributed by atoms with Gasteiger partial charge in [-0.3, -0.25) is 9.48 Å². The molecule has 1 amide bonds. The van der Waals surface area contributed by atoms with Crippen molar-refractivity contribution in [3.05, 3.63) is 82.9 Å². The smallest absolute Gasteiger partial charge is 0.256 e. The number of nitrogens with one attached hydrogen (secondary N) is 1. The molecule has 146 valence electrons. The zero-order valence-electron chi connectivity index (χ0n) is 16.0. The number of amides is 1. The lowest BCUT2D eigenvalue weighted by Crippen LogP contribution is -2.14. The summed E-state index contributed by atoms with van der Waals surface area (Å²) in [7, 11) is 0. The molecule has 0 saturated heterocycles. The van der Waals surface area contributed by atoms with E-state index in [4.69, 9.17) is 0 Å². The molecule has 2 heterocycles. The van der Waals surface area contributed by atoms with Crippen molar-refractivity contribution in [3.63, 3.8) is 0 Å². The maximum absolute atomic E-state index is 13.1. The molecule has 2 N–H and O–H groups in total. The number of aromatic hydroxyl groups is 1. The van der Waals surface area contributed by atoms with E-state index in [9.17, 15) is 14.3 Å². The van der Waals surface area contributed by atoms with Crippen LogP contribution in [-0.4, -0.2) is 25.8 Å². The quantitative estimate of drug-likeness (QED) is 0.547. The summed E-state index contributed by atoms with van der Waals surface area (Å²) in [6.07, 6.45) is 0. The van der Waals surface area contributed by atoms with E-state index in [2.05, 4.69) is 15.4 Å². The first-order valence-electron chi connectivity index (χ1n) is 9.11. The zero-order chi connectivity index (χ0) is 20.5. The Morgan fingerprint density at radius 3 is 2.62 bits per heavy atom. The highest BCUT2D eigenvalue weighted by molar-refractivity contribution is 6.12. The van der Waals surface area contributed by atoms with Crippen LogP contribution in [0, 0.1) is 19.7 Å². The minimum atomic E-state index is -0.355. The second kappa shape index (κ2) is 7.35. The fourth-order valence-electron chi connectivity index (χ4n) is 3.32. The first-order valence-corrected chi connectivity index (χ1v) is 9.11. The van der Waals surface area contributed by atoms with E-state index in [0.29, 0.717) is 34.4 Å². The molecule has 0 aliphatic heterocycles. The summed E-state index contributed by atoms with van der Waals surface area (Å²) >= 11 is 0. The number of benzene rings is 2. The van der Waals surface area contributed by atoms with Crippen molar-refractivity contribution in [1.29, 1.82) is 0 Å². The average molecular weight is 390 g/mol. The minimum absolute atomic E-state index is 0.214. The van der Waals surface area contributed by atoms with E-state index >= 15 is 0 Å². The van der Waals surface area contributed by atoms with Crippen LogP contribution in [0.1, 0.15) is 27.3 Å². The standard InChI is InChI=1S/C22H19FN4O2/c1-13-21(14(2)27(26-13)12-15-7-9-16(23)10-8-15)25-22(29)18-11-20(28)24-19-6-4-3-5-17(18)19/h3-11H,12H2,1-2H3,(H,24,28)(H,25,29). The summed E-state index contributed by atoms with van der Waals surface area (Å²) in [5.74, 6) is -0.858. The van der Waals surface area contributed by atoms with Gasteiger partial charge in [-0.1, -0.05) is 30.3 Å². The second-order valence-electron chi connectivity index (χ2n) is 6.83. The molecule has 2 aromatic carbocycles. The van der Waals surface area contributed by atoms with Crippen LogP contribution < -0.4 is 5.32 Å². The van der Waals surface area contributed by atoms with Crippen LogP contribution in [0.3, 0.4) is 0 Å². The van der Waals surface area contributed by atoms with Crippen LogP contribution in [0.25, 0.3) is 10.9 Å². The monoisotopic (exact) mass is 390 g/mol. The van der Waals surface area contributed by atoms with Gasteiger partial charge in [0.2, 0.25) is 5.88 Å². The van der Waals surface area contributed by atoms with E-state index in [-0.39, 0.29) is 17.6 Å². The van der Waals surface area contributed by atoms with Crippen molar-refractivity contribution in [2.24, 2.45) is 0 Å². The van der Waals surface area contributed by atoms with Gasteiger partial charge in [0.05, 0.1) is 34.7 Å². The van der Waals surface area contributed by atoms with Crippen LogP contribution >= 0.6 is 0 Å². The molecule has 0 fully saturated rings. The summed E-state index contributed by atoms with van der Waals surface area (Å²) in [5, 5.41) is 17.9. The lowest BCUT2D eigenvalue weighted by Gasteiger charge is -2.09. The summed E-state index contributed by atoms with van der Waals surface area (Å²) in [6.45, 7) is 4.13. The van der Waals surface area contributed by atoms with Crippen LogP contribution in [0.5, 0.6) is 5.88 Å². The maximum Gasteiger partial charge on any atom is 0.256 e. The number of fused-ring (bicyclic) bond motifs is 1. The molecule has 7 heteroatoms. The summed E-state index contributed by atoms with van der Waals surface area (Å²) in [5.41, 5.74) is 3.83. The number of rotatable bonds is 4. The number of halogens is 1. The normalized spacial score (nSPS) is 11.0. The van der Waals surface area contributed by atoms with Crippen molar-refractivity contribution in [3.8, 4) is 5.88 Å². The molecule has 0 aliphatic rings. The van der Waals surface area contributed by atoms with Crippen molar-refractivity contribution in [2.75, 3.05) is 5.32 Å². The minimum Gasteiger partial charge on any atom is -0.493 e. The molecule has 0 aliphatic carbocycles. The van der Waals surface area contributed by atoms with E-state index in [1.54, 1.807) is 35.0 Å². The van der Waals surface area contributed by atoms with Gasteiger partial charge in [0, 0.05) is 11.5 Å². The third kappa shape index (κ3) is 3.67. The number of aryl methyl sites for hydroxylation is 1. The molecule has 29 heavy (non-hydrogen) atoms. The van der Waals surface area contributed by atoms with E-state index < -0.39 is 0 Å². The number of aromatic nitrogens is 3. The number of hydrogen-bond acceptors (Lipinski definition) is 4. The highest BCUT2D eigenvalue weighted by atomic mass is 19.1. The van der Waals surface area contributed by atoms with Crippen molar-refractivity contribution in [1.82, 2.24) is 14.8 Å². The molecular formula is C22H19FN4O2. The Kier molecular flexibility index (Phi) is 4.72. The van der Waals surface area contributed by atoms with Gasteiger partial charge in [0.25, 0.3) is 5.91 Å². The number of carbonyl (C=O) groups is 1. The Morgan fingerprint density at radius 1 is 1.14 bits per heavy atom. The fourth-order valence-corrected chi connectivity index (χ4v) is 3.32. The Balaban J connectivity index is 1.64. The van der Waals surface area contributed by atoms with Gasteiger partial charge in [-0.05, 0) is 37.6 Å². The fraction of sp³-hybridized carbons (Fsp3) is 0.136. The predicted octanol–water partition coefficient (Wildman–Crippen LogP) is 4.19. The molecule has 0 atom stereocenters. The number of para-hydroxylation sites is 1. The number of carbonyl (C=O) groups excluding carboxylic acids is 1. The Hall–Kier alpha value is -3.74. The molecule has 0 bridgehead atoms. The Morgan fingerprint density at radius 2 is 1.86 bits per heavy atom. The van der Waals surface area contributed by atoms with Crippen LogP contribution in [0.2, 0.25) is 0 Å². The first-order chi connectivity index (χ1) is 13.9. The van der Waals surface area contributed by atoms with Gasteiger partial charge in [-0.2, -0.15) is 5.10 Å². The molecular weight excluding hydrogens is 371 g/mol. The molecule has 0 spiro atoms. The highest BCUT2D eigenvalue weighted by Gasteiger charge is 2.18. The van der Waals surface area contributed by atoms with Crippen LogP contribution in [0.15, 0.2) is 54.6 Å². The van der Waals surface area contributed by atoms with Gasteiger partial charge >= 0.3 is 0 Å². The number of hydrogen-bond donors (Lipinski definition) is 2. The zero-order valence-corrected chi connectivity index (χ0v) is 16.0. The molecule has 4 aromatic rings. The topological polar surface area (TPSA) is 80.0 Å². The number of pyridine rings is 1. The summed E-state index contributed by atoms with van der Waals surface area (Å²) in [6, 6.07) is 14.7. The lowest BCUT2D eigenvalue weighted by atomic mass is 10.1. The van der Waals surface area contributed by atoms with E-state index in [0.717, 1.165) is 11.3 Å². The van der Waals surface area contributed by atoms with Crippen LogP contribution in [0.4, 0.5) is 10.1 Å². The van der Waals surface area contributed by atoms with Crippen molar-refractivity contribution in [2.45, 2.75) is 20.4 Å². The van der Waals surface area contributed by atoms with E-state index in [1.807, 2.05) is 19.9 Å².